The van der Waals surface area contributed by atoms with E-state index in [0.29, 0.717) is 19.8 Å². The standard InChI is InChI=1S/C20H22N2O3.ClH/c21-15-4-1-13(2-5-15)7-8-22-20(23)17-12-16(17)14-3-6-18-19(11-14)25-10-9-24-18;/h1-6,11,16-17H,7-10,12,21H2,(H,22,23);1H. The van der Waals surface area contributed by atoms with Gasteiger partial charge in [-0.1, -0.05) is 18.2 Å². The summed E-state index contributed by atoms with van der Waals surface area (Å²) in [6.07, 6.45) is 1.71. The molecule has 0 saturated heterocycles. The largest absolute Gasteiger partial charge is 0.486 e. The summed E-state index contributed by atoms with van der Waals surface area (Å²) in [5, 5.41) is 3.04. The van der Waals surface area contributed by atoms with Gasteiger partial charge in [0.2, 0.25) is 5.91 Å². The number of carbonyl (C=O) groups excluding carboxylic acids is 1. The Morgan fingerprint density at radius 3 is 2.58 bits per heavy atom. The van der Waals surface area contributed by atoms with E-state index in [2.05, 4.69) is 5.32 Å². The maximum atomic E-state index is 12.3. The fourth-order valence-electron chi connectivity index (χ4n) is 3.29. The molecule has 138 valence electrons. The van der Waals surface area contributed by atoms with Crippen LogP contribution in [0.4, 0.5) is 5.69 Å². The van der Waals surface area contributed by atoms with Gasteiger partial charge in [0.05, 0.1) is 0 Å². The molecule has 1 heterocycles. The van der Waals surface area contributed by atoms with E-state index in [1.54, 1.807) is 0 Å². The number of halogens is 1. The second kappa shape index (κ2) is 7.87. The molecule has 1 aliphatic carbocycles. The van der Waals surface area contributed by atoms with E-state index < -0.39 is 0 Å². The molecule has 1 aliphatic heterocycles. The first kappa shape index (κ1) is 18.4. The maximum Gasteiger partial charge on any atom is 0.223 e. The minimum atomic E-state index is 0. The Morgan fingerprint density at radius 1 is 1.08 bits per heavy atom. The molecule has 1 amide bonds. The number of fused-ring (bicyclic) bond motifs is 1. The van der Waals surface area contributed by atoms with Crippen LogP contribution in [0.15, 0.2) is 42.5 Å². The number of nitrogens with two attached hydrogens (primary N) is 1. The normalized spacial score (nSPS) is 20.0. The first-order valence-electron chi connectivity index (χ1n) is 8.72. The Morgan fingerprint density at radius 2 is 1.81 bits per heavy atom. The predicted octanol–water partition coefficient (Wildman–Crippen LogP) is 2.92. The number of anilines is 1. The SMILES string of the molecule is Cl.Nc1ccc(CCNC(=O)C2CC2c2ccc3c(c2)OCCO3)cc1. The molecular weight excluding hydrogens is 352 g/mol. The van der Waals surface area contributed by atoms with Crippen LogP contribution in [0.2, 0.25) is 0 Å². The molecule has 0 bridgehead atoms. The second-order valence-electron chi connectivity index (χ2n) is 6.63. The summed E-state index contributed by atoms with van der Waals surface area (Å²) in [5.74, 6) is 2.06. The highest BCUT2D eigenvalue weighted by Crippen LogP contribution is 2.49. The monoisotopic (exact) mass is 374 g/mol. The smallest absolute Gasteiger partial charge is 0.223 e. The van der Waals surface area contributed by atoms with Crippen molar-refractivity contribution in [3.05, 3.63) is 53.6 Å². The average molecular weight is 375 g/mol. The van der Waals surface area contributed by atoms with E-state index in [9.17, 15) is 4.79 Å². The van der Waals surface area contributed by atoms with E-state index >= 15 is 0 Å². The van der Waals surface area contributed by atoms with Gasteiger partial charge in [-0.05, 0) is 54.2 Å². The molecule has 2 unspecified atom stereocenters. The van der Waals surface area contributed by atoms with Gasteiger partial charge in [-0.15, -0.1) is 12.4 Å². The van der Waals surface area contributed by atoms with Gasteiger partial charge in [0, 0.05) is 18.2 Å². The van der Waals surface area contributed by atoms with Gasteiger partial charge in [-0.2, -0.15) is 0 Å². The highest BCUT2D eigenvalue weighted by molar-refractivity contribution is 5.85. The molecular formula is C20H23ClN2O3. The third-order valence-electron chi connectivity index (χ3n) is 4.81. The average Bonchev–Trinajstić information content (AvgIpc) is 3.44. The van der Waals surface area contributed by atoms with Crippen LogP contribution in [-0.4, -0.2) is 25.7 Å². The van der Waals surface area contributed by atoms with Gasteiger partial charge in [-0.3, -0.25) is 4.79 Å². The van der Waals surface area contributed by atoms with Crippen molar-refractivity contribution in [3.63, 3.8) is 0 Å². The van der Waals surface area contributed by atoms with Crippen LogP contribution in [0.3, 0.4) is 0 Å². The highest BCUT2D eigenvalue weighted by atomic mass is 35.5. The summed E-state index contributed by atoms with van der Waals surface area (Å²) in [7, 11) is 0. The van der Waals surface area contributed by atoms with Crippen LogP contribution in [-0.2, 0) is 11.2 Å². The fourth-order valence-corrected chi connectivity index (χ4v) is 3.29. The lowest BCUT2D eigenvalue weighted by molar-refractivity contribution is -0.122. The molecule has 0 radical (unpaired) electrons. The lowest BCUT2D eigenvalue weighted by Crippen LogP contribution is -2.27. The van der Waals surface area contributed by atoms with E-state index in [1.807, 2.05) is 42.5 Å². The molecule has 4 rings (SSSR count). The number of nitrogens with one attached hydrogen (secondary N) is 1. The van der Waals surface area contributed by atoms with Crippen molar-refractivity contribution in [1.82, 2.24) is 5.32 Å². The van der Waals surface area contributed by atoms with Gasteiger partial charge < -0.3 is 20.5 Å². The minimum absolute atomic E-state index is 0. The minimum Gasteiger partial charge on any atom is -0.486 e. The topological polar surface area (TPSA) is 73.6 Å². The zero-order valence-electron chi connectivity index (χ0n) is 14.4. The molecule has 26 heavy (non-hydrogen) atoms. The van der Waals surface area contributed by atoms with Crippen molar-refractivity contribution in [2.75, 3.05) is 25.5 Å². The number of nitrogen functional groups attached to an aromatic ring is 1. The predicted molar refractivity (Wildman–Crippen MR) is 103 cm³/mol. The summed E-state index contributed by atoms with van der Waals surface area (Å²) in [6.45, 7) is 1.82. The zero-order chi connectivity index (χ0) is 17.2. The molecule has 1 fully saturated rings. The van der Waals surface area contributed by atoms with Crippen molar-refractivity contribution in [2.24, 2.45) is 5.92 Å². The number of ether oxygens (including phenoxy) is 2. The third kappa shape index (κ3) is 4.05. The molecule has 5 nitrogen and oxygen atoms in total. The van der Waals surface area contributed by atoms with Crippen molar-refractivity contribution in [3.8, 4) is 11.5 Å². The fraction of sp³-hybridized carbons (Fsp3) is 0.350. The molecule has 2 aromatic carbocycles. The molecule has 2 atom stereocenters. The molecule has 1 saturated carbocycles. The van der Waals surface area contributed by atoms with E-state index in [0.717, 1.165) is 35.6 Å². The van der Waals surface area contributed by atoms with Crippen LogP contribution in [0, 0.1) is 5.92 Å². The van der Waals surface area contributed by atoms with E-state index in [1.165, 1.54) is 5.56 Å². The quantitative estimate of drug-likeness (QED) is 0.789. The molecule has 3 N–H and O–H groups in total. The summed E-state index contributed by atoms with van der Waals surface area (Å²) in [6, 6.07) is 13.8. The Hall–Kier alpha value is -2.40. The number of amides is 1. The van der Waals surface area contributed by atoms with Crippen molar-refractivity contribution < 1.29 is 14.3 Å². The zero-order valence-corrected chi connectivity index (χ0v) is 15.3. The van der Waals surface area contributed by atoms with Gasteiger partial charge in [-0.25, -0.2) is 0 Å². The summed E-state index contributed by atoms with van der Waals surface area (Å²) in [5.41, 5.74) is 8.77. The summed E-state index contributed by atoms with van der Waals surface area (Å²) < 4.78 is 11.2. The lowest BCUT2D eigenvalue weighted by Gasteiger charge is -2.18. The molecule has 0 spiro atoms. The Labute approximate surface area is 159 Å². The van der Waals surface area contributed by atoms with E-state index in [-0.39, 0.29) is 30.2 Å². The van der Waals surface area contributed by atoms with Crippen molar-refractivity contribution in [2.45, 2.75) is 18.8 Å². The third-order valence-corrected chi connectivity index (χ3v) is 4.81. The molecule has 6 heteroatoms. The molecule has 2 aliphatic rings. The first-order chi connectivity index (χ1) is 12.2. The Balaban J connectivity index is 0.00000196. The molecule has 0 aromatic heterocycles. The van der Waals surface area contributed by atoms with Crippen molar-refractivity contribution >= 4 is 24.0 Å². The van der Waals surface area contributed by atoms with Gasteiger partial charge in [0.15, 0.2) is 11.5 Å². The van der Waals surface area contributed by atoms with Gasteiger partial charge in [0.1, 0.15) is 13.2 Å². The first-order valence-corrected chi connectivity index (χ1v) is 8.72. The summed E-state index contributed by atoms with van der Waals surface area (Å²) >= 11 is 0. The highest BCUT2D eigenvalue weighted by Gasteiger charge is 2.44. The number of benzene rings is 2. The van der Waals surface area contributed by atoms with Crippen LogP contribution >= 0.6 is 12.4 Å². The van der Waals surface area contributed by atoms with Crippen LogP contribution in [0.5, 0.6) is 11.5 Å². The van der Waals surface area contributed by atoms with Gasteiger partial charge >= 0.3 is 0 Å². The number of hydrogen-bond acceptors (Lipinski definition) is 4. The van der Waals surface area contributed by atoms with Gasteiger partial charge in [0.25, 0.3) is 0 Å². The van der Waals surface area contributed by atoms with E-state index in [4.69, 9.17) is 15.2 Å². The van der Waals surface area contributed by atoms with Crippen LogP contribution in [0.25, 0.3) is 0 Å². The number of rotatable bonds is 5. The number of carbonyl (C=O) groups is 1. The molecule has 2 aromatic rings. The maximum absolute atomic E-state index is 12.3. The van der Waals surface area contributed by atoms with Crippen molar-refractivity contribution in [1.29, 1.82) is 0 Å². The lowest BCUT2D eigenvalue weighted by atomic mass is 10.1. The second-order valence-corrected chi connectivity index (χ2v) is 6.63. The van der Waals surface area contributed by atoms with Crippen LogP contribution < -0.4 is 20.5 Å². The summed E-state index contributed by atoms with van der Waals surface area (Å²) in [4.78, 5) is 12.3. The Kier molecular flexibility index (Phi) is 5.57. The Bertz CT molecular complexity index is 779. The number of hydrogen-bond donors (Lipinski definition) is 2. The van der Waals surface area contributed by atoms with Crippen LogP contribution in [0.1, 0.15) is 23.5 Å².